The lowest BCUT2D eigenvalue weighted by molar-refractivity contribution is 0.0695. The van der Waals surface area contributed by atoms with E-state index in [2.05, 4.69) is 67.8 Å². The van der Waals surface area contributed by atoms with Gasteiger partial charge in [-0.1, -0.05) is 0 Å². The van der Waals surface area contributed by atoms with Gasteiger partial charge in [-0.3, -0.25) is 0 Å². The number of halogens is 6. The average molecular weight is 998 g/mol. The van der Waals surface area contributed by atoms with Crippen molar-refractivity contribution in [2.24, 2.45) is 0 Å². The third kappa shape index (κ3) is 4.97. The highest BCUT2D eigenvalue weighted by atomic mass is 127. The summed E-state index contributed by atoms with van der Waals surface area (Å²) in [6.07, 6.45) is 0. The van der Waals surface area contributed by atoms with Gasteiger partial charge in [0.15, 0.2) is 5.75 Å². The molecule has 0 spiro atoms. The van der Waals surface area contributed by atoms with E-state index in [1.165, 1.54) is 6.07 Å². The number of carboxylic acids is 1. The van der Waals surface area contributed by atoms with Gasteiger partial charge in [-0.05, 0) is 154 Å². The summed E-state index contributed by atoms with van der Waals surface area (Å²) in [5.74, 6) is -1.07. The predicted molar refractivity (Wildman–Crippen MR) is 141 cm³/mol. The van der Waals surface area contributed by atoms with E-state index in [1.807, 2.05) is 73.8 Å². The minimum atomic E-state index is -1.00. The Morgan fingerprint density at radius 2 is 1.42 bits per heavy atom. The molecule has 4 nitrogen and oxygen atoms in total. The molecule has 0 heterocycles. The fourth-order valence-corrected chi connectivity index (χ4v) is 6.59. The molecule has 1 N–H and O–H groups in total. The molecule has 0 unspecified atom stereocenters. The number of carbonyl (C=O) groups is 2. The molecule has 0 saturated carbocycles. The van der Waals surface area contributed by atoms with Gasteiger partial charge in [0.25, 0.3) is 0 Å². The first-order chi connectivity index (χ1) is 11.1. The summed E-state index contributed by atoms with van der Waals surface area (Å²) in [4.78, 5) is 23.9. The molecule has 0 aliphatic carbocycles. The monoisotopic (exact) mass is 997 g/mol. The number of hydrogen-bond acceptors (Lipinski definition) is 3. The fourth-order valence-electron chi connectivity index (χ4n) is 1.68. The molecular formula is C14H4I6O4. The second-order valence-corrected chi connectivity index (χ2v) is 11.1. The molecule has 2 rings (SSSR count). The van der Waals surface area contributed by atoms with E-state index in [4.69, 9.17) is 4.74 Å². The number of ether oxygens (including phenoxy) is 1. The van der Waals surface area contributed by atoms with Gasteiger partial charge in [0.2, 0.25) is 0 Å². The topological polar surface area (TPSA) is 63.6 Å². The Morgan fingerprint density at radius 1 is 0.792 bits per heavy atom. The smallest absolute Gasteiger partial charge is 0.344 e. The van der Waals surface area contributed by atoms with Crippen molar-refractivity contribution in [1.82, 2.24) is 0 Å². The Bertz CT molecular complexity index is 865. The minimum Gasteiger partial charge on any atom is -0.478 e. The molecule has 0 amide bonds. The van der Waals surface area contributed by atoms with Crippen molar-refractivity contribution >= 4 is 147 Å². The lowest BCUT2D eigenvalue weighted by Gasteiger charge is -2.13. The zero-order chi connectivity index (χ0) is 18.2. The van der Waals surface area contributed by atoms with Crippen LogP contribution in [0.5, 0.6) is 5.75 Å². The summed E-state index contributed by atoms with van der Waals surface area (Å²) in [5.41, 5.74) is 0.693. The first-order valence-corrected chi connectivity index (χ1v) is 12.4. The van der Waals surface area contributed by atoms with Crippen LogP contribution >= 0.6 is 136 Å². The number of carboxylic acid groups (broad SMARTS) is 1. The standard InChI is InChI=1S/C14H4I6O4/c15-4-1-6(9(18)7(16)2-4)14(23)24-12-8(17)3-5(13(21)22)10(19)11(12)20/h1-3H,(H,21,22). The fraction of sp³-hybridized carbons (Fsp3) is 0. The number of carbonyl (C=O) groups excluding carboxylic acids is 1. The van der Waals surface area contributed by atoms with Gasteiger partial charge in [-0.25, -0.2) is 9.59 Å². The number of rotatable bonds is 3. The van der Waals surface area contributed by atoms with Crippen molar-refractivity contribution in [3.63, 3.8) is 0 Å². The van der Waals surface area contributed by atoms with E-state index in [1.54, 1.807) is 6.07 Å². The quantitative estimate of drug-likeness (QED) is 0.172. The molecule has 0 radical (unpaired) electrons. The largest absolute Gasteiger partial charge is 0.478 e. The van der Waals surface area contributed by atoms with Gasteiger partial charge in [0.1, 0.15) is 0 Å². The Hall–Kier alpha value is 1.76. The first-order valence-electron chi connectivity index (χ1n) is 5.91. The van der Waals surface area contributed by atoms with E-state index in [9.17, 15) is 14.7 Å². The van der Waals surface area contributed by atoms with Crippen LogP contribution in [0.3, 0.4) is 0 Å². The number of esters is 1. The summed E-state index contributed by atoms with van der Waals surface area (Å²) in [5, 5.41) is 9.24. The molecule has 0 fully saturated rings. The third-order valence-electron chi connectivity index (χ3n) is 2.75. The highest BCUT2D eigenvalue weighted by molar-refractivity contribution is 14.1. The molecular weight excluding hydrogens is 994 g/mol. The second kappa shape index (κ2) is 9.30. The molecule has 0 aliphatic rings. The van der Waals surface area contributed by atoms with Gasteiger partial charge in [0.05, 0.1) is 18.3 Å². The van der Waals surface area contributed by atoms with Crippen molar-refractivity contribution in [2.45, 2.75) is 0 Å². The van der Waals surface area contributed by atoms with Gasteiger partial charge in [-0.2, -0.15) is 0 Å². The second-order valence-electron chi connectivity index (χ2n) is 4.31. The Labute approximate surface area is 219 Å². The van der Waals surface area contributed by atoms with Crippen LogP contribution in [-0.4, -0.2) is 17.0 Å². The Balaban J connectivity index is 2.47. The summed E-state index contributed by atoms with van der Waals surface area (Å²) < 4.78 is 10.1. The van der Waals surface area contributed by atoms with Gasteiger partial charge < -0.3 is 9.84 Å². The summed E-state index contributed by atoms with van der Waals surface area (Å²) in [6, 6.07) is 5.28. The van der Waals surface area contributed by atoms with Gasteiger partial charge in [-0.15, -0.1) is 0 Å². The Kier molecular flexibility index (Phi) is 8.55. The number of hydrogen-bond donors (Lipinski definition) is 1. The van der Waals surface area contributed by atoms with Crippen molar-refractivity contribution in [2.75, 3.05) is 0 Å². The van der Waals surface area contributed by atoms with Crippen molar-refractivity contribution in [3.8, 4) is 5.75 Å². The zero-order valence-electron chi connectivity index (χ0n) is 11.2. The van der Waals surface area contributed by atoms with Crippen LogP contribution in [0, 0.1) is 21.4 Å². The summed E-state index contributed by atoms with van der Waals surface area (Å²) >= 11 is 12.4. The van der Waals surface area contributed by atoms with E-state index >= 15 is 0 Å². The molecule has 24 heavy (non-hydrogen) atoms. The molecule has 2 aromatic rings. The van der Waals surface area contributed by atoms with Crippen LogP contribution < -0.4 is 4.74 Å². The van der Waals surface area contributed by atoms with Crippen LogP contribution in [0.1, 0.15) is 20.7 Å². The zero-order valence-corrected chi connectivity index (χ0v) is 24.1. The van der Waals surface area contributed by atoms with E-state index in [0.717, 1.165) is 10.7 Å². The van der Waals surface area contributed by atoms with Crippen LogP contribution in [0.4, 0.5) is 0 Å². The molecule has 0 aromatic heterocycles. The normalized spacial score (nSPS) is 10.6. The summed E-state index contributed by atoms with van der Waals surface area (Å²) in [7, 11) is 0. The van der Waals surface area contributed by atoms with Gasteiger partial charge >= 0.3 is 11.9 Å². The van der Waals surface area contributed by atoms with Crippen molar-refractivity contribution in [1.29, 1.82) is 0 Å². The maximum Gasteiger partial charge on any atom is 0.344 e. The number of aromatic carboxylic acids is 1. The molecule has 126 valence electrons. The van der Waals surface area contributed by atoms with Crippen LogP contribution in [0.15, 0.2) is 18.2 Å². The molecule has 2 aromatic carbocycles. The maximum atomic E-state index is 12.6. The van der Waals surface area contributed by atoms with Crippen molar-refractivity contribution < 1.29 is 19.4 Å². The average Bonchev–Trinajstić information content (AvgIpc) is 2.50. The van der Waals surface area contributed by atoms with Crippen LogP contribution in [0.25, 0.3) is 0 Å². The highest BCUT2D eigenvalue weighted by Crippen LogP contribution is 2.35. The van der Waals surface area contributed by atoms with E-state index in [0.29, 0.717) is 22.0 Å². The lowest BCUT2D eigenvalue weighted by Crippen LogP contribution is -2.14. The maximum absolute atomic E-state index is 12.6. The minimum absolute atomic E-state index is 0.197. The number of benzene rings is 2. The van der Waals surface area contributed by atoms with Crippen LogP contribution in [-0.2, 0) is 0 Å². The molecule has 0 atom stereocenters. The summed E-state index contributed by atoms with van der Waals surface area (Å²) in [6.45, 7) is 0. The third-order valence-corrected chi connectivity index (χ3v) is 10.4. The Morgan fingerprint density at radius 3 is 2.00 bits per heavy atom. The van der Waals surface area contributed by atoms with Crippen molar-refractivity contribution in [3.05, 3.63) is 50.7 Å². The van der Waals surface area contributed by atoms with E-state index in [-0.39, 0.29) is 5.56 Å². The molecule has 10 heteroatoms. The SMILES string of the molecule is O=C(Oc1c(I)cc(C(=O)O)c(I)c1I)c1cc(I)cc(I)c1I. The first kappa shape index (κ1) is 22.1. The highest BCUT2D eigenvalue weighted by Gasteiger charge is 2.23. The molecule has 0 saturated heterocycles. The van der Waals surface area contributed by atoms with Gasteiger partial charge in [0, 0.05) is 14.3 Å². The molecule has 0 bridgehead atoms. The van der Waals surface area contributed by atoms with E-state index < -0.39 is 11.9 Å². The van der Waals surface area contributed by atoms with Crippen LogP contribution in [0.2, 0.25) is 0 Å². The predicted octanol–water partition coefficient (Wildman–Crippen LogP) is 6.23. The lowest BCUT2D eigenvalue weighted by atomic mass is 10.2. The molecule has 0 aliphatic heterocycles.